The molecule has 3 aromatic rings. The number of fused-ring (bicyclic) bond motifs is 1. The molecule has 0 radical (unpaired) electrons. The van der Waals surface area contributed by atoms with E-state index in [9.17, 15) is 0 Å². The highest BCUT2D eigenvalue weighted by molar-refractivity contribution is 8.22. The number of nitrogens with zero attached hydrogens (tertiary/aromatic N) is 2. The first-order valence-electron chi connectivity index (χ1n) is 7.21. The van der Waals surface area contributed by atoms with Gasteiger partial charge in [0, 0.05) is 12.2 Å². The number of para-hydroxylation sites is 3. The lowest BCUT2D eigenvalue weighted by molar-refractivity contribution is 1.08. The third-order valence-corrected chi connectivity index (χ3v) is 4.83. The van der Waals surface area contributed by atoms with E-state index in [1.807, 2.05) is 42.5 Å². The molecule has 1 N–H and O–H groups in total. The second-order valence-corrected chi connectivity index (χ2v) is 6.44. The number of H-pyrrole nitrogens is 1. The highest BCUT2D eigenvalue weighted by atomic mass is 32.2. The van der Waals surface area contributed by atoms with E-state index in [0.29, 0.717) is 0 Å². The number of imidazole rings is 1. The van der Waals surface area contributed by atoms with Crippen LogP contribution >= 0.6 is 24.0 Å². The van der Waals surface area contributed by atoms with Crippen LogP contribution in [-0.2, 0) is 5.75 Å². The van der Waals surface area contributed by atoms with E-state index in [0.717, 1.165) is 39.2 Å². The molecule has 0 aliphatic carbocycles. The molecule has 2 aromatic carbocycles. The van der Waals surface area contributed by atoms with Crippen LogP contribution in [0.25, 0.3) is 11.0 Å². The van der Waals surface area contributed by atoms with Crippen molar-refractivity contribution >= 4 is 45.0 Å². The molecule has 0 aliphatic heterocycles. The normalized spacial score (nSPS) is 10.8. The summed E-state index contributed by atoms with van der Waals surface area (Å²) in [6, 6.07) is 18.3. The van der Waals surface area contributed by atoms with Crippen LogP contribution in [0.3, 0.4) is 0 Å². The Kier molecular flexibility index (Phi) is 4.75. The fourth-order valence-corrected chi connectivity index (χ4v) is 3.51. The average Bonchev–Trinajstić information content (AvgIpc) is 2.97. The summed E-state index contributed by atoms with van der Waals surface area (Å²) < 4.78 is 0.870. The molecule has 0 spiro atoms. The number of thiocarbonyl (C=S) groups is 1. The molecule has 0 saturated carbocycles. The van der Waals surface area contributed by atoms with Gasteiger partial charge in [-0.25, -0.2) is 4.98 Å². The van der Waals surface area contributed by atoms with Crippen molar-refractivity contribution in [2.45, 2.75) is 12.7 Å². The van der Waals surface area contributed by atoms with Crippen LogP contribution in [0.2, 0.25) is 0 Å². The number of benzene rings is 2. The van der Waals surface area contributed by atoms with Crippen LogP contribution in [0, 0.1) is 0 Å². The molecule has 1 aromatic heterocycles. The van der Waals surface area contributed by atoms with Crippen molar-refractivity contribution in [3.05, 3.63) is 60.4 Å². The van der Waals surface area contributed by atoms with Crippen molar-refractivity contribution in [2.75, 3.05) is 11.4 Å². The molecular formula is C17H17N3S2. The highest BCUT2D eigenvalue weighted by Gasteiger charge is 2.11. The summed E-state index contributed by atoms with van der Waals surface area (Å²) in [4.78, 5) is 10.1. The van der Waals surface area contributed by atoms with Crippen LogP contribution in [0.4, 0.5) is 5.69 Å². The van der Waals surface area contributed by atoms with Gasteiger partial charge in [-0.05, 0) is 31.2 Å². The zero-order valence-electron chi connectivity index (χ0n) is 12.3. The largest absolute Gasteiger partial charge is 0.341 e. The Morgan fingerprint density at radius 3 is 2.59 bits per heavy atom. The molecule has 3 rings (SSSR count). The van der Waals surface area contributed by atoms with E-state index in [1.54, 1.807) is 11.8 Å². The SMILES string of the molecule is CCN(C(=S)SCc1nc2ccccc2[nH]1)c1ccccc1. The van der Waals surface area contributed by atoms with E-state index in [2.05, 4.69) is 33.9 Å². The number of hydrogen-bond donors (Lipinski definition) is 1. The van der Waals surface area contributed by atoms with Crippen LogP contribution in [0.1, 0.15) is 12.7 Å². The van der Waals surface area contributed by atoms with Gasteiger partial charge in [-0.15, -0.1) is 0 Å². The van der Waals surface area contributed by atoms with Crippen LogP contribution in [0.15, 0.2) is 54.6 Å². The molecule has 0 bridgehead atoms. The third-order valence-electron chi connectivity index (χ3n) is 3.38. The van der Waals surface area contributed by atoms with E-state index < -0.39 is 0 Å². The van der Waals surface area contributed by atoms with Crippen LogP contribution in [-0.4, -0.2) is 20.8 Å². The second kappa shape index (κ2) is 6.94. The van der Waals surface area contributed by atoms with Crippen molar-refractivity contribution in [1.29, 1.82) is 0 Å². The van der Waals surface area contributed by atoms with Crippen LogP contribution in [0.5, 0.6) is 0 Å². The summed E-state index contributed by atoms with van der Waals surface area (Å²) in [6.07, 6.45) is 0. The average molecular weight is 327 g/mol. The zero-order valence-corrected chi connectivity index (χ0v) is 14.0. The van der Waals surface area contributed by atoms with Gasteiger partial charge in [0.05, 0.1) is 16.8 Å². The number of hydrogen-bond acceptors (Lipinski definition) is 3. The van der Waals surface area contributed by atoms with Crippen LogP contribution < -0.4 is 4.90 Å². The lowest BCUT2D eigenvalue weighted by Gasteiger charge is -2.22. The maximum atomic E-state index is 5.58. The Hall–Kier alpha value is -1.85. The van der Waals surface area contributed by atoms with Gasteiger partial charge in [0.15, 0.2) is 0 Å². The second-order valence-electron chi connectivity index (χ2n) is 4.84. The lowest BCUT2D eigenvalue weighted by Crippen LogP contribution is -2.26. The first kappa shape index (κ1) is 15.1. The quantitative estimate of drug-likeness (QED) is 0.709. The Morgan fingerprint density at radius 1 is 1.14 bits per heavy atom. The molecule has 0 amide bonds. The van der Waals surface area contributed by atoms with Gasteiger partial charge in [-0.2, -0.15) is 0 Å². The van der Waals surface area contributed by atoms with Crippen molar-refractivity contribution in [3.63, 3.8) is 0 Å². The molecule has 0 fully saturated rings. The molecule has 0 atom stereocenters. The fraction of sp³-hybridized carbons (Fsp3) is 0.176. The predicted octanol–water partition coefficient (Wildman–Crippen LogP) is 4.61. The lowest BCUT2D eigenvalue weighted by atomic mass is 10.3. The van der Waals surface area contributed by atoms with E-state index in [-0.39, 0.29) is 0 Å². The van der Waals surface area contributed by atoms with Crippen molar-refractivity contribution < 1.29 is 0 Å². The van der Waals surface area contributed by atoms with Crippen molar-refractivity contribution in [2.24, 2.45) is 0 Å². The molecule has 0 unspecified atom stereocenters. The Balaban J connectivity index is 1.68. The Labute approximate surface area is 139 Å². The van der Waals surface area contributed by atoms with Gasteiger partial charge >= 0.3 is 0 Å². The molecular weight excluding hydrogens is 310 g/mol. The monoisotopic (exact) mass is 327 g/mol. The Morgan fingerprint density at radius 2 is 1.86 bits per heavy atom. The molecule has 22 heavy (non-hydrogen) atoms. The van der Waals surface area contributed by atoms with Gasteiger partial charge in [0.25, 0.3) is 0 Å². The van der Waals surface area contributed by atoms with Gasteiger partial charge in [0.2, 0.25) is 0 Å². The van der Waals surface area contributed by atoms with E-state index in [4.69, 9.17) is 12.2 Å². The number of rotatable bonds is 4. The zero-order chi connectivity index (χ0) is 15.4. The summed E-state index contributed by atoms with van der Waals surface area (Å²) in [5.41, 5.74) is 3.20. The van der Waals surface area contributed by atoms with Gasteiger partial charge in [-0.3, -0.25) is 0 Å². The number of nitrogens with one attached hydrogen (secondary N) is 1. The minimum absolute atomic E-state index is 0.747. The summed E-state index contributed by atoms with van der Waals surface area (Å²) >= 11 is 7.22. The third kappa shape index (κ3) is 3.31. The standard InChI is InChI=1S/C17H17N3S2/c1-2-20(13-8-4-3-5-9-13)17(21)22-12-16-18-14-10-6-7-11-15(14)19-16/h3-11H,2,12H2,1H3,(H,18,19). The maximum Gasteiger partial charge on any atom is 0.141 e. The summed E-state index contributed by atoms with van der Waals surface area (Å²) in [7, 11) is 0. The number of aromatic amines is 1. The molecule has 0 aliphatic rings. The van der Waals surface area contributed by atoms with Gasteiger partial charge in [-0.1, -0.05) is 54.3 Å². The maximum absolute atomic E-state index is 5.58. The summed E-state index contributed by atoms with van der Waals surface area (Å²) in [5, 5.41) is 0. The molecule has 0 saturated heterocycles. The molecule has 1 heterocycles. The predicted molar refractivity (Wildman–Crippen MR) is 99.4 cm³/mol. The topological polar surface area (TPSA) is 31.9 Å². The highest BCUT2D eigenvalue weighted by Crippen LogP contribution is 2.22. The molecule has 112 valence electrons. The first-order valence-corrected chi connectivity index (χ1v) is 8.60. The Bertz CT molecular complexity index is 735. The summed E-state index contributed by atoms with van der Waals surface area (Å²) in [5.74, 6) is 1.70. The van der Waals surface area contributed by atoms with Crippen molar-refractivity contribution in [1.82, 2.24) is 9.97 Å². The van der Waals surface area contributed by atoms with Crippen molar-refractivity contribution in [3.8, 4) is 0 Å². The minimum Gasteiger partial charge on any atom is -0.341 e. The number of anilines is 1. The number of aromatic nitrogens is 2. The fourth-order valence-electron chi connectivity index (χ4n) is 2.31. The molecule has 3 nitrogen and oxygen atoms in total. The number of thioether (sulfide) groups is 1. The van der Waals surface area contributed by atoms with Gasteiger partial charge in [0.1, 0.15) is 10.1 Å². The summed E-state index contributed by atoms with van der Waals surface area (Å²) in [6.45, 7) is 2.97. The van der Waals surface area contributed by atoms with Gasteiger partial charge < -0.3 is 9.88 Å². The van der Waals surface area contributed by atoms with E-state index >= 15 is 0 Å². The first-order chi connectivity index (χ1) is 10.8. The minimum atomic E-state index is 0.747. The smallest absolute Gasteiger partial charge is 0.141 e. The van der Waals surface area contributed by atoms with E-state index in [1.165, 1.54) is 0 Å². The molecule has 5 heteroatoms.